The molecule has 1 aromatic carbocycles. The summed E-state index contributed by atoms with van der Waals surface area (Å²) >= 11 is 0. The summed E-state index contributed by atoms with van der Waals surface area (Å²) in [7, 11) is -3.76. The fourth-order valence-electron chi connectivity index (χ4n) is 4.50. The van der Waals surface area contributed by atoms with Gasteiger partial charge in [0.05, 0.1) is 23.2 Å². The quantitative estimate of drug-likeness (QED) is 0.705. The van der Waals surface area contributed by atoms with E-state index in [4.69, 9.17) is 0 Å². The molecule has 146 valence electrons. The van der Waals surface area contributed by atoms with E-state index in [1.807, 2.05) is 4.90 Å². The van der Waals surface area contributed by atoms with Gasteiger partial charge in [0.2, 0.25) is 0 Å². The van der Waals surface area contributed by atoms with E-state index in [1.54, 1.807) is 18.2 Å². The van der Waals surface area contributed by atoms with Crippen molar-refractivity contribution in [2.24, 2.45) is 9.81 Å². The number of sulfonamides is 1. The summed E-state index contributed by atoms with van der Waals surface area (Å²) < 4.78 is 28.6. The number of β-amino-alcohol motifs (C(OH)–C–C–N with tert-alkyl or cyclic N) is 1. The van der Waals surface area contributed by atoms with Gasteiger partial charge in [-0.3, -0.25) is 9.69 Å². The predicted octanol–water partition coefficient (Wildman–Crippen LogP) is 1.28. The average Bonchev–Trinajstić information content (AvgIpc) is 2.52. The van der Waals surface area contributed by atoms with Gasteiger partial charge in [-0.1, -0.05) is 18.6 Å². The van der Waals surface area contributed by atoms with E-state index in [-0.39, 0.29) is 23.8 Å². The largest absolute Gasteiger partial charge is 0.481 e. The van der Waals surface area contributed by atoms with Crippen LogP contribution >= 0.6 is 0 Å². The summed E-state index contributed by atoms with van der Waals surface area (Å²) in [5.41, 5.74) is -1.91. The number of para-hydroxylation sites is 1. The maximum absolute atomic E-state index is 12.4. The molecule has 3 aliphatic rings. The van der Waals surface area contributed by atoms with Crippen molar-refractivity contribution in [2.75, 3.05) is 25.0 Å². The maximum atomic E-state index is 12.4. The number of anilines is 1. The standard InChI is InChI=1S/C18H23N3O5S/c22-16(23)17(7-3-8-17)18(24)9-4-10-21(12-18)11-15-19-13-5-1-2-6-14(13)27(25,26)20-15/h1-2,5-6,24H,3-4,7-12H2,(H,19,20)(H,22,23). The van der Waals surface area contributed by atoms with Gasteiger partial charge in [-0.25, -0.2) is 0 Å². The van der Waals surface area contributed by atoms with Crippen molar-refractivity contribution in [1.82, 2.24) is 4.90 Å². The first-order valence-electron chi connectivity index (χ1n) is 9.14. The van der Waals surface area contributed by atoms with Crippen LogP contribution < -0.4 is 5.32 Å². The van der Waals surface area contributed by atoms with Gasteiger partial charge in [0.25, 0.3) is 10.0 Å². The number of rotatable bonds is 4. The molecular weight excluding hydrogens is 370 g/mol. The highest BCUT2D eigenvalue weighted by molar-refractivity contribution is 7.90. The molecule has 1 aromatic rings. The number of aliphatic hydroxyl groups is 1. The molecule has 3 N–H and O–H groups in total. The normalized spacial score (nSPS) is 29.0. The van der Waals surface area contributed by atoms with Crippen molar-refractivity contribution in [3.8, 4) is 0 Å². The predicted molar refractivity (Wildman–Crippen MR) is 99.2 cm³/mol. The van der Waals surface area contributed by atoms with E-state index in [0.717, 1.165) is 6.42 Å². The van der Waals surface area contributed by atoms with Gasteiger partial charge < -0.3 is 15.5 Å². The maximum Gasteiger partial charge on any atom is 0.312 e. The van der Waals surface area contributed by atoms with E-state index in [1.165, 1.54) is 6.07 Å². The molecule has 1 saturated heterocycles. The lowest BCUT2D eigenvalue weighted by atomic mass is 9.56. The lowest BCUT2D eigenvalue weighted by molar-refractivity contribution is -0.194. The molecule has 0 spiro atoms. The monoisotopic (exact) mass is 393 g/mol. The van der Waals surface area contributed by atoms with Crippen LogP contribution in [0.3, 0.4) is 0 Å². The number of benzene rings is 1. The molecule has 2 heterocycles. The van der Waals surface area contributed by atoms with Crippen LogP contribution in [0.2, 0.25) is 0 Å². The van der Waals surface area contributed by atoms with Crippen molar-refractivity contribution in [3.63, 3.8) is 0 Å². The fourth-order valence-corrected chi connectivity index (χ4v) is 5.64. The number of aliphatic carboxylic acids is 1. The van der Waals surface area contributed by atoms with Crippen LogP contribution in [0.25, 0.3) is 0 Å². The van der Waals surface area contributed by atoms with Crippen molar-refractivity contribution in [3.05, 3.63) is 24.3 Å². The molecule has 4 rings (SSSR count). The van der Waals surface area contributed by atoms with Crippen LogP contribution in [0, 0.1) is 5.41 Å². The summed E-state index contributed by atoms with van der Waals surface area (Å²) in [4.78, 5) is 13.9. The van der Waals surface area contributed by atoms with Crippen LogP contribution in [0.5, 0.6) is 0 Å². The lowest BCUT2D eigenvalue weighted by Crippen LogP contribution is -2.64. The Morgan fingerprint density at radius 3 is 2.63 bits per heavy atom. The highest BCUT2D eigenvalue weighted by Gasteiger charge is 2.60. The van der Waals surface area contributed by atoms with Gasteiger partial charge in [0.15, 0.2) is 0 Å². The Kier molecular flexibility index (Phi) is 4.28. The van der Waals surface area contributed by atoms with Crippen molar-refractivity contribution in [1.29, 1.82) is 0 Å². The first-order chi connectivity index (χ1) is 12.8. The lowest BCUT2D eigenvalue weighted by Gasteiger charge is -2.53. The smallest absolute Gasteiger partial charge is 0.312 e. The molecule has 1 saturated carbocycles. The van der Waals surface area contributed by atoms with Crippen molar-refractivity contribution >= 4 is 27.5 Å². The SMILES string of the molecule is O=C(O)C1(C2(O)CCCN(CC3=NS(=O)(=O)c4ccccc4N3)C2)CCC1. The zero-order chi connectivity index (χ0) is 19.3. The minimum absolute atomic E-state index is 0.142. The molecule has 2 aliphatic heterocycles. The van der Waals surface area contributed by atoms with E-state index in [2.05, 4.69) is 9.71 Å². The number of carboxylic acid groups (broad SMARTS) is 1. The number of amidine groups is 1. The molecule has 27 heavy (non-hydrogen) atoms. The first-order valence-corrected chi connectivity index (χ1v) is 10.6. The minimum Gasteiger partial charge on any atom is -0.481 e. The zero-order valence-electron chi connectivity index (χ0n) is 14.9. The van der Waals surface area contributed by atoms with Crippen LogP contribution in [0.4, 0.5) is 5.69 Å². The van der Waals surface area contributed by atoms with Crippen LogP contribution in [0.15, 0.2) is 33.6 Å². The van der Waals surface area contributed by atoms with Crippen LogP contribution in [-0.4, -0.2) is 60.6 Å². The Labute approximate surface area is 158 Å². The highest BCUT2D eigenvalue weighted by Crippen LogP contribution is 2.52. The first kappa shape index (κ1) is 18.4. The number of carbonyl (C=O) groups is 1. The second-order valence-corrected chi connectivity index (χ2v) is 9.29. The average molecular weight is 393 g/mol. The Morgan fingerprint density at radius 1 is 1.22 bits per heavy atom. The van der Waals surface area contributed by atoms with Crippen molar-refractivity contribution < 1.29 is 23.4 Å². The molecule has 1 atom stereocenters. The Bertz CT molecular complexity index is 909. The van der Waals surface area contributed by atoms with E-state index in [0.29, 0.717) is 37.9 Å². The van der Waals surface area contributed by atoms with Crippen molar-refractivity contribution in [2.45, 2.75) is 42.6 Å². The molecule has 9 heteroatoms. The highest BCUT2D eigenvalue weighted by atomic mass is 32.2. The Hall–Kier alpha value is -1.97. The van der Waals surface area contributed by atoms with Gasteiger partial charge in [-0.05, 0) is 44.4 Å². The number of likely N-dealkylation sites (tertiary alicyclic amines) is 1. The number of hydrogen-bond acceptors (Lipinski definition) is 6. The van der Waals surface area contributed by atoms with Gasteiger partial charge in [-0.15, -0.1) is 4.40 Å². The van der Waals surface area contributed by atoms with Gasteiger partial charge in [0.1, 0.15) is 10.7 Å². The van der Waals surface area contributed by atoms with Crippen LogP contribution in [0.1, 0.15) is 32.1 Å². The Morgan fingerprint density at radius 2 is 1.96 bits per heavy atom. The summed E-state index contributed by atoms with van der Waals surface area (Å²) in [5, 5.41) is 23.9. The number of nitrogens with zero attached hydrogens (tertiary/aromatic N) is 2. The fraction of sp³-hybridized carbons (Fsp3) is 0.556. The second kappa shape index (κ2) is 6.29. The molecule has 0 aromatic heterocycles. The number of carboxylic acids is 1. The number of hydrogen-bond donors (Lipinski definition) is 3. The third-order valence-electron chi connectivity index (χ3n) is 6.10. The zero-order valence-corrected chi connectivity index (χ0v) is 15.7. The van der Waals surface area contributed by atoms with Gasteiger partial charge >= 0.3 is 5.97 Å². The molecule has 1 aliphatic carbocycles. The molecule has 0 amide bonds. The third-order valence-corrected chi connectivity index (χ3v) is 7.48. The molecule has 1 unspecified atom stereocenters. The minimum atomic E-state index is -3.76. The molecule has 8 nitrogen and oxygen atoms in total. The second-order valence-electron chi connectivity index (χ2n) is 7.72. The molecule has 2 fully saturated rings. The van der Waals surface area contributed by atoms with E-state index in [9.17, 15) is 23.4 Å². The summed E-state index contributed by atoms with van der Waals surface area (Å²) in [6.07, 6.45) is 2.86. The summed E-state index contributed by atoms with van der Waals surface area (Å²) in [6.45, 7) is 1.06. The third kappa shape index (κ3) is 2.94. The van der Waals surface area contributed by atoms with Crippen LogP contribution in [-0.2, 0) is 14.8 Å². The number of piperidine rings is 1. The molecule has 0 radical (unpaired) electrons. The van der Waals surface area contributed by atoms with Gasteiger partial charge in [-0.2, -0.15) is 8.42 Å². The molecule has 0 bridgehead atoms. The molecular formula is C18H23N3O5S. The number of nitrogens with one attached hydrogen (secondary N) is 1. The topological polar surface area (TPSA) is 119 Å². The summed E-state index contributed by atoms with van der Waals surface area (Å²) in [5.74, 6) is -0.654. The Balaban J connectivity index is 1.54. The number of fused-ring (bicyclic) bond motifs is 1. The van der Waals surface area contributed by atoms with E-state index >= 15 is 0 Å². The van der Waals surface area contributed by atoms with Gasteiger partial charge in [0, 0.05) is 6.54 Å². The summed E-state index contributed by atoms with van der Waals surface area (Å²) in [6, 6.07) is 6.58. The van der Waals surface area contributed by atoms with E-state index < -0.39 is 27.0 Å².